The van der Waals surface area contributed by atoms with Gasteiger partial charge in [-0.1, -0.05) is 19.1 Å². The number of benzene rings is 1. The van der Waals surface area contributed by atoms with E-state index in [1.807, 2.05) is 0 Å². The van der Waals surface area contributed by atoms with Gasteiger partial charge in [0, 0.05) is 25.0 Å². The second-order valence-corrected chi connectivity index (χ2v) is 5.22. The van der Waals surface area contributed by atoms with Crippen molar-refractivity contribution in [3.8, 4) is 5.75 Å². The van der Waals surface area contributed by atoms with E-state index in [0.29, 0.717) is 0 Å². The third-order valence-electron chi connectivity index (χ3n) is 3.82. The van der Waals surface area contributed by atoms with Gasteiger partial charge in [0.15, 0.2) is 0 Å². The van der Waals surface area contributed by atoms with E-state index in [1.54, 1.807) is 0 Å². The zero-order valence-corrected chi connectivity index (χ0v) is 11.5. The van der Waals surface area contributed by atoms with Crippen LogP contribution in [0.3, 0.4) is 0 Å². The molecule has 0 aliphatic carbocycles. The Hall–Kier alpha value is -1.06. The van der Waals surface area contributed by atoms with Crippen LogP contribution in [-0.4, -0.2) is 37.3 Å². The molecular weight excluding hydrogens is 226 g/mol. The summed E-state index contributed by atoms with van der Waals surface area (Å²) in [5, 5.41) is 9.55. The summed E-state index contributed by atoms with van der Waals surface area (Å²) in [6.07, 6.45) is 1.98. The molecule has 1 aromatic carbocycles. The average Bonchev–Trinajstić information content (AvgIpc) is 2.82. The molecule has 2 atom stereocenters. The van der Waals surface area contributed by atoms with E-state index in [2.05, 4.69) is 44.1 Å². The highest BCUT2D eigenvalue weighted by atomic mass is 16.5. The maximum Gasteiger partial charge on any atom is 0.122 e. The second kappa shape index (κ2) is 5.72. The summed E-state index contributed by atoms with van der Waals surface area (Å²) in [6.45, 7) is 3.16. The van der Waals surface area contributed by atoms with Crippen molar-refractivity contribution in [3.63, 3.8) is 0 Å². The van der Waals surface area contributed by atoms with Gasteiger partial charge in [0.1, 0.15) is 5.75 Å². The van der Waals surface area contributed by atoms with Crippen LogP contribution < -0.4 is 4.74 Å². The smallest absolute Gasteiger partial charge is 0.122 e. The van der Waals surface area contributed by atoms with Crippen LogP contribution in [0.25, 0.3) is 0 Å². The van der Waals surface area contributed by atoms with Crippen LogP contribution >= 0.6 is 0 Å². The zero-order chi connectivity index (χ0) is 13.1. The molecular formula is C15H23NO2. The van der Waals surface area contributed by atoms with Crippen molar-refractivity contribution >= 4 is 0 Å². The van der Waals surface area contributed by atoms with Gasteiger partial charge in [-0.2, -0.15) is 0 Å². The van der Waals surface area contributed by atoms with Crippen molar-refractivity contribution in [2.24, 2.45) is 5.92 Å². The first-order valence-corrected chi connectivity index (χ1v) is 6.70. The van der Waals surface area contributed by atoms with Gasteiger partial charge in [-0.3, -0.25) is 0 Å². The summed E-state index contributed by atoms with van der Waals surface area (Å²) in [5.41, 5.74) is 2.58. The fraction of sp³-hybridized carbons (Fsp3) is 0.600. The largest absolute Gasteiger partial charge is 0.493 e. The van der Waals surface area contributed by atoms with Gasteiger partial charge in [-0.05, 0) is 37.7 Å². The minimum Gasteiger partial charge on any atom is -0.493 e. The predicted octanol–water partition coefficient (Wildman–Crippen LogP) is 2.24. The van der Waals surface area contributed by atoms with Gasteiger partial charge in [-0.15, -0.1) is 0 Å². The van der Waals surface area contributed by atoms with Gasteiger partial charge in [0.25, 0.3) is 0 Å². The number of rotatable bonds is 5. The number of hydrogen-bond donors (Lipinski definition) is 1. The van der Waals surface area contributed by atoms with E-state index in [9.17, 15) is 5.11 Å². The van der Waals surface area contributed by atoms with Gasteiger partial charge < -0.3 is 14.7 Å². The van der Waals surface area contributed by atoms with E-state index in [4.69, 9.17) is 4.74 Å². The van der Waals surface area contributed by atoms with Crippen molar-refractivity contribution in [1.29, 1.82) is 0 Å². The Bertz CT molecular complexity index is 399. The fourth-order valence-electron chi connectivity index (χ4n) is 2.83. The molecule has 0 spiro atoms. The number of nitrogens with zero attached hydrogens (tertiary/aromatic N) is 1. The summed E-state index contributed by atoms with van der Waals surface area (Å²) in [7, 11) is 4.15. The van der Waals surface area contributed by atoms with Crippen LogP contribution in [0.4, 0.5) is 0 Å². The summed E-state index contributed by atoms with van der Waals surface area (Å²) in [6, 6.07) is 6.71. The lowest BCUT2D eigenvalue weighted by molar-refractivity contribution is 0.130. The highest BCUT2D eigenvalue weighted by molar-refractivity contribution is 5.41. The van der Waals surface area contributed by atoms with Crippen molar-refractivity contribution in [2.45, 2.75) is 25.8 Å². The molecule has 1 aliphatic rings. The first-order valence-electron chi connectivity index (χ1n) is 6.70. The fourth-order valence-corrected chi connectivity index (χ4v) is 2.83. The molecule has 1 aliphatic heterocycles. The standard InChI is InChI=1S/C15H23NO2/c1-4-11(10-17)15(16(2)3)13-5-6-14-12(9-13)7-8-18-14/h5-6,9,11,15,17H,4,7-8,10H2,1-3H3. The first-order chi connectivity index (χ1) is 8.67. The van der Waals surface area contributed by atoms with E-state index in [1.165, 1.54) is 11.1 Å². The van der Waals surface area contributed by atoms with Crippen LogP contribution in [0.1, 0.15) is 30.5 Å². The Morgan fingerprint density at radius 2 is 2.17 bits per heavy atom. The highest BCUT2D eigenvalue weighted by Crippen LogP contribution is 2.33. The van der Waals surface area contributed by atoms with Gasteiger partial charge >= 0.3 is 0 Å². The lowest BCUT2D eigenvalue weighted by atomic mass is 9.89. The number of fused-ring (bicyclic) bond motifs is 1. The average molecular weight is 249 g/mol. The summed E-state index contributed by atoms with van der Waals surface area (Å²) in [4.78, 5) is 2.20. The molecule has 0 fully saturated rings. The Kier molecular flexibility index (Phi) is 4.25. The van der Waals surface area contributed by atoms with Gasteiger partial charge in [0.2, 0.25) is 0 Å². The topological polar surface area (TPSA) is 32.7 Å². The minimum atomic E-state index is 0.229. The summed E-state index contributed by atoms with van der Waals surface area (Å²) in [5.74, 6) is 1.30. The quantitative estimate of drug-likeness (QED) is 0.868. The molecule has 3 heteroatoms. The molecule has 18 heavy (non-hydrogen) atoms. The van der Waals surface area contributed by atoms with Crippen LogP contribution in [0.15, 0.2) is 18.2 Å². The van der Waals surface area contributed by atoms with Crippen LogP contribution in [0.2, 0.25) is 0 Å². The minimum absolute atomic E-state index is 0.229. The molecule has 1 heterocycles. The molecule has 1 N–H and O–H groups in total. The van der Waals surface area contributed by atoms with Gasteiger partial charge in [-0.25, -0.2) is 0 Å². The monoisotopic (exact) mass is 249 g/mol. The molecule has 0 saturated carbocycles. The van der Waals surface area contributed by atoms with Crippen LogP contribution in [-0.2, 0) is 6.42 Å². The van der Waals surface area contributed by atoms with E-state index >= 15 is 0 Å². The Morgan fingerprint density at radius 3 is 2.78 bits per heavy atom. The highest BCUT2D eigenvalue weighted by Gasteiger charge is 2.24. The van der Waals surface area contributed by atoms with Crippen LogP contribution in [0.5, 0.6) is 5.75 Å². The molecule has 0 amide bonds. The Morgan fingerprint density at radius 1 is 1.39 bits per heavy atom. The number of hydrogen-bond acceptors (Lipinski definition) is 3. The van der Waals surface area contributed by atoms with E-state index in [0.717, 1.165) is 25.2 Å². The third kappa shape index (κ3) is 2.52. The van der Waals surface area contributed by atoms with Crippen molar-refractivity contribution in [1.82, 2.24) is 4.90 Å². The first kappa shape index (κ1) is 13.4. The zero-order valence-electron chi connectivity index (χ0n) is 11.5. The van der Waals surface area contributed by atoms with Crippen molar-refractivity contribution in [2.75, 3.05) is 27.3 Å². The van der Waals surface area contributed by atoms with Gasteiger partial charge in [0.05, 0.1) is 6.61 Å². The molecule has 2 unspecified atom stereocenters. The van der Waals surface area contributed by atoms with Crippen molar-refractivity contribution < 1.29 is 9.84 Å². The SMILES string of the molecule is CCC(CO)C(c1ccc2c(c1)CCO2)N(C)C. The number of aliphatic hydroxyl groups is 1. The molecule has 0 aromatic heterocycles. The molecule has 2 rings (SSSR count). The molecule has 0 radical (unpaired) electrons. The predicted molar refractivity (Wildman–Crippen MR) is 72.9 cm³/mol. The van der Waals surface area contributed by atoms with E-state index in [-0.39, 0.29) is 18.6 Å². The molecule has 0 bridgehead atoms. The second-order valence-electron chi connectivity index (χ2n) is 5.22. The molecule has 1 aromatic rings. The third-order valence-corrected chi connectivity index (χ3v) is 3.82. The molecule has 0 saturated heterocycles. The van der Waals surface area contributed by atoms with Crippen molar-refractivity contribution in [3.05, 3.63) is 29.3 Å². The van der Waals surface area contributed by atoms with E-state index < -0.39 is 0 Å². The number of ether oxygens (including phenoxy) is 1. The maximum absolute atomic E-state index is 9.55. The Labute approximate surface area is 109 Å². The maximum atomic E-state index is 9.55. The lowest BCUT2D eigenvalue weighted by Crippen LogP contribution is -2.29. The number of aliphatic hydroxyl groups excluding tert-OH is 1. The Balaban J connectivity index is 2.31. The lowest BCUT2D eigenvalue weighted by Gasteiger charge is -2.31. The summed E-state index contributed by atoms with van der Waals surface area (Å²) >= 11 is 0. The molecule has 100 valence electrons. The molecule has 3 nitrogen and oxygen atoms in total. The normalized spacial score (nSPS) is 17.4. The van der Waals surface area contributed by atoms with Crippen LogP contribution in [0, 0.1) is 5.92 Å². The summed E-state index contributed by atoms with van der Waals surface area (Å²) < 4.78 is 5.54.